The molecule has 2 nitrogen and oxygen atoms in total. The molecule has 1 aromatic rings. The second-order valence-corrected chi connectivity index (χ2v) is 4.80. The Bertz CT molecular complexity index is 388. The van der Waals surface area contributed by atoms with E-state index in [9.17, 15) is 4.79 Å². The number of rotatable bonds is 3. The van der Waals surface area contributed by atoms with E-state index in [2.05, 4.69) is 0 Å². The Kier molecular flexibility index (Phi) is 2.47. The van der Waals surface area contributed by atoms with Crippen molar-refractivity contribution in [3.63, 3.8) is 0 Å². The molecule has 0 radical (unpaired) electrons. The predicted octanol–water partition coefficient (Wildman–Crippen LogP) is 3.15. The Balaban J connectivity index is 2.32. The van der Waals surface area contributed by atoms with Crippen LogP contribution in [0.15, 0.2) is 18.2 Å². The summed E-state index contributed by atoms with van der Waals surface area (Å²) in [5.74, 6) is -0.731. The maximum atomic E-state index is 10.8. The molecule has 1 aromatic carbocycles. The number of carboxylic acid groups (broad SMARTS) is 1. The van der Waals surface area contributed by atoms with E-state index in [0.717, 1.165) is 24.0 Å². The SMILES string of the molecule is Cc1cc(Cl)cc(C2(CC(=O)O)CC2)c1. The van der Waals surface area contributed by atoms with Crippen molar-refractivity contribution in [3.05, 3.63) is 34.3 Å². The van der Waals surface area contributed by atoms with Gasteiger partial charge in [-0.2, -0.15) is 0 Å². The molecule has 2 rings (SSSR count). The molecule has 0 aliphatic heterocycles. The molecule has 15 heavy (non-hydrogen) atoms. The molecule has 0 amide bonds. The van der Waals surface area contributed by atoms with Gasteiger partial charge in [0.25, 0.3) is 0 Å². The topological polar surface area (TPSA) is 37.3 Å². The number of aliphatic carboxylic acids is 1. The molecule has 80 valence electrons. The zero-order chi connectivity index (χ0) is 11.1. The number of halogens is 1. The highest BCUT2D eigenvalue weighted by atomic mass is 35.5. The van der Waals surface area contributed by atoms with Crippen LogP contribution in [0.1, 0.15) is 30.4 Å². The molecule has 0 spiro atoms. The summed E-state index contributed by atoms with van der Waals surface area (Å²) < 4.78 is 0. The summed E-state index contributed by atoms with van der Waals surface area (Å²) in [6, 6.07) is 5.83. The molecule has 1 aliphatic carbocycles. The normalized spacial score (nSPS) is 17.5. The summed E-state index contributed by atoms with van der Waals surface area (Å²) in [6.45, 7) is 1.98. The number of hydrogen-bond acceptors (Lipinski definition) is 1. The van der Waals surface area contributed by atoms with Crippen LogP contribution < -0.4 is 0 Å². The van der Waals surface area contributed by atoms with E-state index in [1.807, 2.05) is 25.1 Å². The summed E-state index contributed by atoms with van der Waals surface area (Å²) in [4.78, 5) is 10.8. The zero-order valence-corrected chi connectivity index (χ0v) is 9.34. The van der Waals surface area contributed by atoms with Gasteiger partial charge in [0.15, 0.2) is 0 Å². The number of carboxylic acids is 1. The van der Waals surface area contributed by atoms with Gasteiger partial charge in [-0.15, -0.1) is 0 Å². The zero-order valence-electron chi connectivity index (χ0n) is 8.59. The molecule has 1 N–H and O–H groups in total. The Morgan fingerprint density at radius 1 is 1.47 bits per heavy atom. The standard InChI is InChI=1S/C12H13ClO2/c1-8-4-9(6-10(13)5-8)12(2-3-12)7-11(14)15/h4-6H,2-3,7H2,1H3,(H,14,15). The van der Waals surface area contributed by atoms with E-state index >= 15 is 0 Å². The van der Waals surface area contributed by atoms with Crippen molar-refractivity contribution in [2.24, 2.45) is 0 Å². The van der Waals surface area contributed by atoms with E-state index in [4.69, 9.17) is 16.7 Å². The van der Waals surface area contributed by atoms with Crippen LogP contribution in [-0.4, -0.2) is 11.1 Å². The van der Waals surface area contributed by atoms with Crippen molar-refractivity contribution < 1.29 is 9.90 Å². The molecule has 1 fully saturated rings. The Hall–Kier alpha value is -1.02. The lowest BCUT2D eigenvalue weighted by Gasteiger charge is -2.14. The molecule has 3 heteroatoms. The molecule has 0 heterocycles. The molecule has 0 unspecified atom stereocenters. The van der Waals surface area contributed by atoms with Gasteiger partial charge in [-0.1, -0.05) is 17.7 Å². The monoisotopic (exact) mass is 224 g/mol. The number of aryl methyl sites for hydroxylation is 1. The number of hydrogen-bond donors (Lipinski definition) is 1. The third kappa shape index (κ3) is 2.15. The number of benzene rings is 1. The average molecular weight is 225 g/mol. The summed E-state index contributed by atoms with van der Waals surface area (Å²) in [7, 11) is 0. The summed E-state index contributed by atoms with van der Waals surface area (Å²) >= 11 is 5.97. The minimum atomic E-state index is -0.731. The van der Waals surface area contributed by atoms with Crippen molar-refractivity contribution in [2.45, 2.75) is 31.6 Å². The van der Waals surface area contributed by atoms with Gasteiger partial charge in [0, 0.05) is 10.4 Å². The molecular formula is C12H13ClO2. The third-order valence-electron chi connectivity index (χ3n) is 3.00. The first-order valence-electron chi connectivity index (χ1n) is 5.01. The summed E-state index contributed by atoms with van der Waals surface area (Å²) in [5, 5.41) is 9.55. The van der Waals surface area contributed by atoms with Crippen molar-refractivity contribution in [3.8, 4) is 0 Å². The fraction of sp³-hybridized carbons (Fsp3) is 0.417. The van der Waals surface area contributed by atoms with E-state index in [0.29, 0.717) is 5.02 Å². The van der Waals surface area contributed by atoms with Crippen molar-refractivity contribution >= 4 is 17.6 Å². The first-order valence-corrected chi connectivity index (χ1v) is 5.39. The predicted molar refractivity (Wildman–Crippen MR) is 59.4 cm³/mol. The molecule has 0 atom stereocenters. The minimum Gasteiger partial charge on any atom is -0.481 e. The average Bonchev–Trinajstić information content (AvgIpc) is 2.82. The third-order valence-corrected chi connectivity index (χ3v) is 3.22. The van der Waals surface area contributed by atoms with Crippen molar-refractivity contribution in [1.29, 1.82) is 0 Å². The highest BCUT2D eigenvalue weighted by molar-refractivity contribution is 6.30. The summed E-state index contributed by atoms with van der Waals surface area (Å²) in [6.07, 6.45) is 2.13. The highest BCUT2D eigenvalue weighted by Gasteiger charge is 2.46. The fourth-order valence-electron chi connectivity index (χ4n) is 2.05. The van der Waals surface area contributed by atoms with Crippen molar-refractivity contribution in [2.75, 3.05) is 0 Å². The second kappa shape index (κ2) is 3.53. The molecule has 0 saturated heterocycles. The fourth-order valence-corrected chi connectivity index (χ4v) is 2.34. The summed E-state index contributed by atoms with van der Waals surface area (Å²) in [5.41, 5.74) is 2.03. The first-order chi connectivity index (χ1) is 7.02. The largest absolute Gasteiger partial charge is 0.481 e. The van der Waals surface area contributed by atoms with Gasteiger partial charge >= 0.3 is 5.97 Å². The van der Waals surface area contributed by atoms with Crippen LogP contribution in [0.4, 0.5) is 0 Å². The molecular weight excluding hydrogens is 212 g/mol. The first kappa shape index (κ1) is 10.5. The molecule has 1 saturated carbocycles. The Labute approximate surface area is 93.9 Å². The van der Waals surface area contributed by atoms with E-state index < -0.39 is 5.97 Å². The lowest BCUT2D eigenvalue weighted by atomic mass is 9.91. The van der Waals surface area contributed by atoms with Gasteiger partial charge in [0.05, 0.1) is 6.42 Å². The van der Waals surface area contributed by atoms with Gasteiger partial charge in [0.2, 0.25) is 0 Å². The van der Waals surface area contributed by atoms with Crippen LogP contribution in [0.2, 0.25) is 5.02 Å². The molecule has 0 bridgehead atoms. The van der Waals surface area contributed by atoms with Crippen LogP contribution in [0.3, 0.4) is 0 Å². The maximum absolute atomic E-state index is 10.8. The molecule has 1 aliphatic rings. The highest BCUT2D eigenvalue weighted by Crippen LogP contribution is 2.51. The van der Waals surface area contributed by atoms with Crippen LogP contribution in [-0.2, 0) is 10.2 Å². The quantitative estimate of drug-likeness (QED) is 0.857. The van der Waals surface area contributed by atoms with Crippen LogP contribution in [0.5, 0.6) is 0 Å². The van der Waals surface area contributed by atoms with Gasteiger partial charge < -0.3 is 5.11 Å². The van der Waals surface area contributed by atoms with Gasteiger partial charge in [-0.3, -0.25) is 4.79 Å². The Morgan fingerprint density at radius 3 is 2.60 bits per heavy atom. The van der Waals surface area contributed by atoms with Gasteiger partial charge in [-0.05, 0) is 43.0 Å². The van der Waals surface area contributed by atoms with E-state index in [1.165, 1.54) is 0 Å². The van der Waals surface area contributed by atoms with Gasteiger partial charge in [0.1, 0.15) is 0 Å². The lowest BCUT2D eigenvalue weighted by molar-refractivity contribution is -0.137. The van der Waals surface area contributed by atoms with E-state index in [-0.39, 0.29) is 11.8 Å². The Morgan fingerprint density at radius 2 is 2.13 bits per heavy atom. The number of carbonyl (C=O) groups is 1. The van der Waals surface area contributed by atoms with Gasteiger partial charge in [-0.25, -0.2) is 0 Å². The van der Waals surface area contributed by atoms with Crippen molar-refractivity contribution in [1.82, 2.24) is 0 Å². The van der Waals surface area contributed by atoms with E-state index in [1.54, 1.807) is 0 Å². The minimum absolute atomic E-state index is 0.137. The van der Waals surface area contributed by atoms with Crippen LogP contribution in [0, 0.1) is 6.92 Å². The maximum Gasteiger partial charge on any atom is 0.304 e. The van der Waals surface area contributed by atoms with Crippen LogP contribution >= 0.6 is 11.6 Å². The van der Waals surface area contributed by atoms with Crippen LogP contribution in [0.25, 0.3) is 0 Å². The lowest BCUT2D eigenvalue weighted by Crippen LogP contribution is -2.13. The smallest absolute Gasteiger partial charge is 0.304 e. The molecule has 0 aromatic heterocycles. The second-order valence-electron chi connectivity index (χ2n) is 4.37.